The van der Waals surface area contributed by atoms with Gasteiger partial charge in [-0.15, -0.1) is 0 Å². The molecule has 3 amide bonds. The van der Waals surface area contributed by atoms with Gasteiger partial charge in [0.05, 0.1) is 7.11 Å². The highest BCUT2D eigenvalue weighted by molar-refractivity contribution is 7.80. The number of nitrogens with one attached hydrogen (secondary N) is 3. The van der Waals surface area contributed by atoms with Gasteiger partial charge in [-0.3, -0.25) is 10.2 Å². The van der Waals surface area contributed by atoms with Gasteiger partial charge in [0, 0.05) is 5.69 Å². The molecule has 0 saturated carbocycles. The smallest absolute Gasteiger partial charge is 0.344 e. The molecular formula is C24H22N4O4S. The van der Waals surface area contributed by atoms with Crippen molar-refractivity contribution in [3.8, 4) is 17.2 Å². The molecule has 3 aromatic rings. The minimum absolute atomic E-state index is 0.0881. The fourth-order valence-electron chi connectivity index (χ4n) is 3.36. The molecule has 0 bridgehead atoms. The largest absolute Gasteiger partial charge is 0.497 e. The Kier molecular flexibility index (Phi) is 6.14. The third-order valence-corrected chi connectivity index (χ3v) is 5.34. The predicted molar refractivity (Wildman–Crippen MR) is 128 cm³/mol. The van der Waals surface area contributed by atoms with Crippen molar-refractivity contribution in [1.82, 2.24) is 15.8 Å². The van der Waals surface area contributed by atoms with Crippen LogP contribution in [-0.4, -0.2) is 29.2 Å². The van der Waals surface area contributed by atoms with Crippen molar-refractivity contribution in [2.24, 2.45) is 0 Å². The number of amides is 3. The normalized spacial score (nSPS) is 17.3. The number of carbonyl (C=O) groups is 2. The van der Waals surface area contributed by atoms with Crippen molar-refractivity contribution in [2.45, 2.75) is 12.5 Å². The number of thiocarbonyl (C=S) groups is 1. The molecule has 4 rings (SSSR count). The summed E-state index contributed by atoms with van der Waals surface area (Å²) in [5, 5.41) is 6.62. The Morgan fingerprint density at radius 3 is 2.30 bits per heavy atom. The maximum Gasteiger partial charge on any atom is 0.344 e. The summed E-state index contributed by atoms with van der Waals surface area (Å²) in [6, 6.07) is 22.9. The Hall–Kier alpha value is -4.11. The summed E-state index contributed by atoms with van der Waals surface area (Å²) < 4.78 is 11.0. The molecule has 0 radical (unpaired) electrons. The molecule has 1 aliphatic rings. The van der Waals surface area contributed by atoms with Crippen LogP contribution in [0.2, 0.25) is 0 Å². The molecule has 1 aliphatic heterocycles. The zero-order valence-corrected chi connectivity index (χ0v) is 18.8. The van der Waals surface area contributed by atoms with Crippen LogP contribution in [0.5, 0.6) is 17.2 Å². The number of ether oxygens (including phenoxy) is 2. The topological polar surface area (TPSA) is 91.9 Å². The van der Waals surface area contributed by atoms with Gasteiger partial charge in [-0.1, -0.05) is 30.3 Å². The first kappa shape index (κ1) is 22.1. The molecule has 1 heterocycles. The van der Waals surface area contributed by atoms with E-state index in [0.29, 0.717) is 22.7 Å². The maximum absolute atomic E-state index is 13.1. The Morgan fingerprint density at radius 1 is 0.939 bits per heavy atom. The number of para-hydroxylation sites is 1. The zero-order valence-electron chi connectivity index (χ0n) is 18.0. The average molecular weight is 463 g/mol. The van der Waals surface area contributed by atoms with E-state index in [-0.39, 0.29) is 5.11 Å². The highest BCUT2D eigenvalue weighted by Gasteiger charge is 2.50. The molecule has 168 valence electrons. The van der Waals surface area contributed by atoms with Crippen LogP contribution < -0.4 is 25.5 Å². The average Bonchev–Trinajstić information content (AvgIpc) is 3.05. The standard InChI is InChI=1S/C24H22N4O4S/c1-24(16-7-6-10-20(15-16)31-2)21(29)28(23(30)26-24)27-22(33)25-17-11-13-19(14-12-17)32-18-8-4-3-5-9-18/h3-15H,1-2H3,(H,26,30)(H2,25,27,33). The van der Waals surface area contributed by atoms with Crippen LogP contribution in [-0.2, 0) is 10.3 Å². The summed E-state index contributed by atoms with van der Waals surface area (Å²) in [5.74, 6) is 1.48. The second-order valence-corrected chi connectivity index (χ2v) is 7.84. The van der Waals surface area contributed by atoms with Crippen molar-refractivity contribution in [1.29, 1.82) is 0 Å². The van der Waals surface area contributed by atoms with Gasteiger partial charge in [-0.05, 0) is 73.2 Å². The Morgan fingerprint density at radius 2 is 1.61 bits per heavy atom. The summed E-state index contributed by atoms with van der Waals surface area (Å²) in [4.78, 5) is 25.6. The lowest BCUT2D eigenvalue weighted by atomic mass is 9.92. The fourth-order valence-corrected chi connectivity index (χ4v) is 3.57. The monoisotopic (exact) mass is 462 g/mol. The van der Waals surface area contributed by atoms with Crippen molar-refractivity contribution >= 4 is 35.0 Å². The SMILES string of the molecule is COc1cccc(C2(C)NC(=O)N(NC(=S)Nc3ccc(Oc4ccccc4)cc3)C2=O)c1. The van der Waals surface area contributed by atoms with Crippen LogP contribution >= 0.6 is 12.2 Å². The van der Waals surface area contributed by atoms with Crippen molar-refractivity contribution in [3.05, 3.63) is 84.4 Å². The molecule has 8 nitrogen and oxygen atoms in total. The number of hydrogen-bond donors (Lipinski definition) is 3. The second kappa shape index (κ2) is 9.17. The number of methoxy groups -OCH3 is 1. The lowest BCUT2D eigenvalue weighted by Crippen LogP contribution is -2.49. The molecule has 3 N–H and O–H groups in total. The highest BCUT2D eigenvalue weighted by Crippen LogP contribution is 2.30. The van der Waals surface area contributed by atoms with Gasteiger partial charge in [0.2, 0.25) is 0 Å². The molecule has 1 saturated heterocycles. The van der Waals surface area contributed by atoms with Crippen molar-refractivity contribution in [2.75, 3.05) is 12.4 Å². The first-order chi connectivity index (χ1) is 15.9. The lowest BCUT2D eigenvalue weighted by molar-refractivity contribution is -0.132. The summed E-state index contributed by atoms with van der Waals surface area (Å²) in [5.41, 5.74) is 2.66. The minimum Gasteiger partial charge on any atom is -0.497 e. The van der Waals surface area contributed by atoms with E-state index in [4.69, 9.17) is 21.7 Å². The number of carbonyl (C=O) groups excluding carboxylic acids is 2. The van der Waals surface area contributed by atoms with E-state index < -0.39 is 17.5 Å². The third kappa shape index (κ3) is 4.73. The quantitative estimate of drug-likeness (QED) is 0.374. The number of rotatable bonds is 6. The van der Waals surface area contributed by atoms with E-state index in [1.54, 1.807) is 55.5 Å². The van der Waals surface area contributed by atoms with E-state index in [0.717, 1.165) is 10.8 Å². The molecule has 0 aliphatic carbocycles. The van der Waals surface area contributed by atoms with E-state index in [1.807, 2.05) is 30.3 Å². The van der Waals surface area contributed by atoms with E-state index >= 15 is 0 Å². The molecule has 33 heavy (non-hydrogen) atoms. The van der Waals surface area contributed by atoms with Gasteiger partial charge < -0.3 is 20.1 Å². The van der Waals surface area contributed by atoms with Crippen molar-refractivity contribution in [3.63, 3.8) is 0 Å². The summed E-state index contributed by atoms with van der Waals surface area (Å²) in [7, 11) is 1.54. The minimum atomic E-state index is -1.26. The number of urea groups is 1. The number of anilines is 1. The first-order valence-electron chi connectivity index (χ1n) is 10.1. The van der Waals surface area contributed by atoms with Gasteiger partial charge in [0.1, 0.15) is 22.8 Å². The molecule has 3 aromatic carbocycles. The molecule has 0 aromatic heterocycles. The van der Waals surface area contributed by atoms with Gasteiger partial charge >= 0.3 is 6.03 Å². The van der Waals surface area contributed by atoms with Crippen LogP contribution in [0, 0.1) is 0 Å². The molecule has 9 heteroatoms. The number of hydrogen-bond acceptors (Lipinski definition) is 5. The summed E-state index contributed by atoms with van der Waals surface area (Å²) >= 11 is 5.30. The second-order valence-electron chi connectivity index (χ2n) is 7.43. The van der Waals surface area contributed by atoms with Gasteiger partial charge in [0.25, 0.3) is 5.91 Å². The lowest BCUT2D eigenvalue weighted by Gasteiger charge is -2.23. The summed E-state index contributed by atoms with van der Waals surface area (Å²) in [6.07, 6.45) is 0. The molecule has 1 atom stereocenters. The molecule has 0 spiro atoms. The Labute approximate surface area is 196 Å². The van der Waals surface area contributed by atoms with E-state index in [2.05, 4.69) is 16.1 Å². The fraction of sp³-hybridized carbons (Fsp3) is 0.125. The van der Waals surface area contributed by atoms with Crippen LogP contribution in [0.4, 0.5) is 10.5 Å². The van der Waals surface area contributed by atoms with Crippen LogP contribution in [0.1, 0.15) is 12.5 Å². The molecule has 1 unspecified atom stereocenters. The zero-order chi connectivity index (χ0) is 23.4. The number of hydrazine groups is 1. The Balaban J connectivity index is 1.40. The maximum atomic E-state index is 13.1. The molecular weight excluding hydrogens is 440 g/mol. The van der Waals surface area contributed by atoms with Crippen LogP contribution in [0.25, 0.3) is 0 Å². The first-order valence-corrected chi connectivity index (χ1v) is 10.5. The molecule has 1 fully saturated rings. The predicted octanol–water partition coefficient (Wildman–Crippen LogP) is 4.16. The highest BCUT2D eigenvalue weighted by atomic mass is 32.1. The van der Waals surface area contributed by atoms with Crippen molar-refractivity contribution < 1.29 is 19.1 Å². The van der Waals surface area contributed by atoms with Gasteiger partial charge in [-0.2, -0.15) is 5.01 Å². The van der Waals surface area contributed by atoms with E-state index in [9.17, 15) is 9.59 Å². The summed E-state index contributed by atoms with van der Waals surface area (Å²) in [6.45, 7) is 1.63. The van der Waals surface area contributed by atoms with Crippen LogP contribution in [0.15, 0.2) is 78.9 Å². The van der Waals surface area contributed by atoms with Gasteiger partial charge in [-0.25, -0.2) is 4.79 Å². The number of benzene rings is 3. The number of imide groups is 1. The number of nitrogens with zero attached hydrogens (tertiary/aromatic N) is 1. The van der Waals surface area contributed by atoms with Gasteiger partial charge in [0.15, 0.2) is 5.11 Å². The van der Waals surface area contributed by atoms with E-state index in [1.165, 1.54) is 7.11 Å². The third-order valence-electron chi connectivity index (χ3n) is 5.14. The van der Waals surface area contributed by atoms with Crippen LogP contribution in [0.3, 0.4) is 0 Å². The Bertz CT molecular complexity index is 1190.